The van der Waals surface area contributed by atoms with Gasteiger partial charge in [-0.25, -0.2) is 0 Å². The fourth-order valence-corrected chi connectivity index (χ4v) is 1.53. The predicted molar refractivity (Wildman–Crippen MR) is 68.3 cm³/mol. The van der Waals surface area contributed by atoms with Gasteiger partial charge in [-0.15, -0.1) is 5.10 Å². The summed E-state index contributed by atoms with van der Waals surface area (Å²) in [5.74, 6) is -0.123. The second kappa shape index (κ2) is 6.07. The van der Waals surface area contributed by atoms with Gasteiger partial charge in [0.15, 0.2) is 0 Å². The van der Waals surface area contributed by atoms with Crippen LogP contribution in [0.15, 0.2) is 41.6 Å². The number of aryl methyl sites for hydroxylation is 1. The third-order valence-electron chi connectivity index (χ3n) is 1.99. The molecule has 0 atom stereocenters. The van der Waals surface area contributed by atoms with Crippen molar-refractivity contribution >= 4 is 16.1 Å². The summed E-state index contributed by atoms with van der Waals surface area (Å²) in [6.07, 6.45) is 2.96. The zero-order valence-electron chi connectivity index (χ0n) is 10.1. The van der Waals surface area contributed by atoms with E-state index in [1.807, 2.05) is 6.92 Å². The molecule has 1 aromatic carbocycles. The second-order valence-electron chi connectivity index (χ2n) is 3.52. The molecule has 9 heteroatoms. The minimum Gasteiger partial charge on any atom is -0.368 e. The molecule has 8 nitrogen and oxygen atoms in total. The van der Waals surface area contributed by atoms with Crippen LogP contribution >= 0.6 is 0 Å². The molecule has 19 heavy (non-hydrogen) atoms. The molecule has 0 saturated carbocycles. The maximum Gasteiger partial charge on any atom is 0.294 e. The monoisotopic (exact) mass is 283 g/mol. The first-order valence-corrected chi connectivity index (χ1v) is 6.49. The molecule has 0 aliphatic heterocycles. The van der Waals surface area contributed by atoms with Gasteiger partial charge in [-0.3, -0.25) is 9.96 Å². The molecule has 1 aromatic heterocycles. The molecule has 2 aromatic rings. The average Bonchev–Trinajstić information content (AvgIpc) is 2.82. The number of hydrogen-bond donors (Lipinski definition) is 3. The number of hydrogen-bond acceptors (Lipinski definition) is 5. The van der Waals surface area contributed by atoms with Crippen molar-refractivity contribution in [3.05, 3.63) is 42.2 Å². The van der Waals surface area contributed by atoms with Crippen molar-refractivity contribution < 1.29 is 13.0 Å². The Kier molecular flexibility index (Phi) is 4.73. The minimum absolute atomic E-state index is 0.0666. The van der Waals surface area contributed by atoms with Crippen molar-refractivity contribution in [3.63, 3.8) is 0 Å². The first kappa shape index (κ1) is 14.8. The lowest BCUT2D eigenvalue weighted by Crippen LogP contribution is -2.20. The SMILES string of the molecule is Cc1ccc(S(=O)(=O)O)cc1.N=C(N)n1ccnn1. The summed E-state index contributed by atoms with van der Waals surface area (Å²) < 4.78 is 30.7. The standard InChI is InChI=1S/C7H8O3S.C3H5N5/c1-6-2-4-7(5-3-6)11(8,9)10;4-3(5)8-2-1-6-7-8/h2-5H,1H3,(H,8,9,10);1-2H,(H3,4,5). The Bertz CT molecular complexity index is 634. The minimum atomic E-state index is -4.02. The highest BCUT2D eigenvalue weighted by molar-refractivity contribution is 7.85. The van der Waals surface area contributed by atoms with Crippen molar-refractivity contribution in [1.82, 2.24) is 15.0 Å². The van der Waals surface area contributed by atoms with Crippen molar-refractivity contribution in [2.75, 3.05) is 0 Å². The normalized spacial score (nSPS) is 10.4. The van der Waals surface area contributed by atoms with Gasteiger partial charge >= 0.3 is 0 Å². The number of aromatic nitrogens is 3. The fourth-order valence-electron chi connectivity index (χ4n) is 1.05. The van der Waals surface area contributed by atoms with Gasteiger partial charge in [0.05, 0.1) is 17.3 Å². The fraction of sp³-hybridized carbons (Fsp3) is 0.100. The van der Waals surface area contributed by atoms with Crippen LogP contribution in [-0.2, 0) is 10.1 Å². The molecule has 0 aliphatic rings. The van der Waals surface area contributed by atoms with Crippen LogP contribution in [0.1, 0.15) is 5.56 Å². The first-order valence-electron chi connectivity index (χ1n) is 5.05. The summed E-state index contributed by atoms with van der Waals surface area (Å²) in [5.41, 5.74) is 5.96. The maximum absolute atomic E-state index is 10.5. The van der Waals surface area contributed by atoms with Crippen LogP contribution in [0, 0.1) is 12.3 Å². The maximum atomic E-state index is 10.5. The van der Waals surface area contributed by atoms with Gasteiger partial charge in [0, 0.05) is 0 Å². The van der Waals surface area contributed by atoms with E-state index >= 15 is 0 Å². The van der Waals surface area contributed by atoms with Gasteiger partial charge in [-0.05, 0) is 19.1 Å². The Morgan fingerprint density at radius 2 is 1.95 bits per heavy atom. The molecule has 0 bridgehead atoms. The summed E-state index contributed by atoms with van der Waals surface area (Å²) in [5, 5.41) is 13.7. The molecule has 0 unspecified atom stereocenters. The van der Waals surface area contributed by atoms with Gasteiger partial charge in [-0.2, -0.15) is 13.1 Å². The van der Waals surface area contributed by atoms with E-state index in [4.69, 9.17) is 15.7 Å². The van der Waals surface area contributed by atoms with Crippen LogP contribution < -0.4 is 5.73 Å². The smallest absolute Gasteiger partial charge is 0.294 e. The van der Waals surface area contributed by atoms with Gasteiger partial charge < -0.3 is 5.73 Å². The molecule has 0 amide bonds. The van der Waals surface area contributed by atoms with Crippen LogP contribution in [0.4, 0.5) is 0 Å². The first-order chi connectivity index (χ1) is 8.80. The molecule has 4 N–H and O–H groups in total. The van der Waals surface area contributed by atoms with Crippen LogP contribution in [0.2, 0.25) is 0 Å². The molecule has 1 heterocycles. The number of nitrogens with two attached hydrogens (primary N) is 1. The van der Waals surface area contributed by atoms with E-state index in [0.29, 0.717) is 0 Å². The summed E-state index contributed by atoms with van der Waals surface area (Å²) in [6, 6.07) is 5.99. The Morgan fingerprint density at radius 1 is 1.37 bits per heavy atom. The van der Waals surface area contributed by atoms with Gasteiger partial charge in [-0.1, -0.05) is 22.9 Å². The van der Waals surface area contributed by atoms with E-state index in [0.717, 1.165) is 5.56 Å². The summed E-state index contributed by atoms with van der Waals surface area (Å²) in [7, 11) is -4.02. The second-order valence-corrected chi connectivity index (χ2v) is 4.94. The third kappa shape index (κ3) is 4.85. The Hall–Kier alpha value is -2.26. The van der Waals surface area contributed by atoms with E-state index < -0.39 is 10.1 Å². The van der Waals surface area contributed by atoms with Crippen molar-refractivity contribution in [1.29, 1.82) is 5.41 Å². The highest BCUT2D eigenvalue weighted by Gasteiger charge is 2.06. The van der Waals surface area contributed by atoms with Crippen molar-refractivity contribution in [2.45, 2.75) is 11.8 Å². The largest absolute Gasteiger partial charge is 0.368 e. The zero-order chi connectivity index (χ0) is 14.5. The van der Waals surface area contributed by atoms with E-state index in [9.17, 15) is 8.42 Å². The Labute approximate surface area is 110 Å². The molecule has 0 saturated heterocycles. The molecule has 102 valence electrons. The number of nitrogen functional groups attached to an aromatic ring is 1. The lowest BCUT2D eigenvalue weighted by Gasteiger charge is -1.95. The highest BCUT2D eigenvalue weighted by atomic mass is 32.2. The Balaban J connectivity index is 0.000000200. The lowest BCUT2D eigenvalue weighted by atomic mass is 10.2. The third-order valence-corrected chi connectivity index (χ3v) is 2.86. The van der Waals surface area contributed by atoms with Crippen LogP contribution in [0.25, 0.3) is 0 Å². The van der Waals surface area contributed by atoms with Crippen LogP contribution in [0.3, 0.4) is 0 Å². The number of rotatable bonds is 1. The summed E-state index contributed by atoms with van der Waals surface area (Å²) in [4.78, 5) is -0.0666. The summed E-state index contributed by atoms with van der Waals surface area (Å²) >= 11 is 0. The van der Waals surface area contributed by atoms with Gasteiger partial charge in [0.1, 0.15) is 0 Å². The predicted octanol–water partition coefficient (Wildman–Crippen LogP) is 0.261. The summed E-state index contributed by atoms with van der Waals surface area (Å²) in [6.45, 7) is 1.84. The molecule has 0 spiro atoms. The number of nitrogens with zero attached hydrogens (tertiary/aromatic N) is 3. The van der Waals surface area contributed by atoms with E-state index in [1.54, 1.807) is 12.1 Å². The Morgan fingerprint density at radius 3 is 2.26 bits per heavy atom. The van der Waals surface area contributed by atoms with Crippen molar-refractivity contribution in [3.8, 4) is 0 Å². The molecular weight excluding hydrogens is 270 g/mol. The molecule has 2 rings (SSSR count). The van der Waals surface area contributed by atoms with E-state index in [1.165, 1.54) is 29.2 Å². The van der Waals surface area contributed by atoms with E-state index in [2.05, 4.69) is 10.3 Å². The average molecular weight is 283 g/mol. The zero-order valence-corrected chi connectivity index (χ0v) is 10.9. The quantitative estimate of drug-likeness (QED) is 0.390. The lowest BCUT2D eigenvalue weighted by molar-refractivity contribution is 0.483. The number of benzene rings is 1. The molecule has 0 aliphatic carbocycles. The highest BCUT2D eigenvalue weighted by Crippen LogP contribution is 2.08. The van der Waals surface area contributed by atoms with Gasteiger partial charge in [0.2, 0.25) is 5.96 Å². The van der Waals surface area contributed by atoms with Crippen LogP contribution in [-0.4, -0.2) is 33.9 Å². The van der Waals surface area contributed by atoms with Gasteiger partial charge in [0.25, 0.3) is 10.1 Å². The number of nitrogens with one attached hydrogen (secondary N) is 1. The molecule has 0 radical (unpaired) electrons. The molecule has 0 fully saturated rings. The van der Waals surface area contributed by atoms with Crippen LogP contribution in [0.5, 0.6) is 0 Å². The van der Waals surface area contributed by atoms with Crippen molar-refractivity contribution in [2.24, 2.45) is 5.73 Å². The molecular formula is C10H13N5O3S. The van der Waals surface area contributed by atoms with E-state index in [-0.39, 0.29) is 10.9 Å². The topological polar surface area (TPSA) is 135 Å².